The third-order valence-electron chi connectivity index (χ3n) is 3.83. The molecule has 2 aromatic carbocycles. The standard InChI is InChI=1S/C20H18N2O4S/c1-26-12-11-22-18(23)17(13-14-7-9-15(10-8-14)19(24)25)27-20(22)21-16-5-3-2-4-6-16/h2-10,13H,11-12H2,1H3,(H,24,25)/p-1/b17-13-,21-20?. The summed E-state index contributed by atoms with van der Waals surface area (Å²) in [5.41, 5.74) is 1.58. The first kappa shape index (κ1) is 18.9. The lowest BCUT2D eigenvalue weighted by Crippen LogP contribution is -2.32. The normalized spacial score (nSPS) is 17.1. The highest BCUT2D eigenvalue weighted by molar-refractivity contribution is 8.18. The van der Waals surface area contributed by atoms with E-state index in [1.165, 1.54) is 23.9 Å². The summed E-state index contributed by atoms with van der Waals surface area (Å²) in [6.07, 6.45) is 1.72. The van der Waals surface area contributed by atoms with Gasteiger partial charge in [0.1, 0.15) is 0 Å². The number of para-hydroxylation sites is 1. The summed E-state index contributed by atoms with van der Waals surface area (Å²) in [4.78, 5) is 30.3. The summed E-state index contributed by atoms with van der Waals surface area (Å²) in [6, 6.07) is 15.6. The number of benzene rings is 2. The van der Waals surface area contributed by atoms with Crippen molar-refractivity contribution in [2.24, 2.45) is 4.99 Å². The number of nitrogens with zero attached hydrogens (tertiary/aromatic N) is 2. The Morgan fingerprint density at radius 2 is 1.89 bits per heavy atom. The van der Waals surface area contributed by atoms with Gasteiger partial charge in [0, 0.05) is 7.11 Å². The third-order valence-corrected chi connectivity index (χ3v) is 4.84. The molecule has 1 saturated heterocycles. The number of rotatable bonds is 6. The summed E-state index contributed by atoms with van der Waals surface area (Å²) in [5, 5.41) is 11.4. The summed E-state index contributed by atoms with van der Waals surface area (Å²) in [7, 11) is 1.58. The van der Waals surface area contributed by atoms with Gasteiger partial charge in [0.05, 0.1) is 29.7 Å². The average molecular weight is 381 g/mol. The first-order valence-corrected chi connectivity index (χ1v) is 9.05. The molecule has 0 aromatic heterocycles. The maximum absolute atomic E-state index is 12.8. The number of methoxy groups -OCH3 is 1. The van der Waals surface area contributed by atoms with Crippen molar-refractivity contribution in [1.82, 2.24) is 4.90 Å². The van der Waals surface area contributed by atoms with Crippen LogP contribution in [0.2, 0.25) is 0 Å². The summed E-state index contributed by atoms with van der Waals surface area (Å²) < 4.78 is 5.10. The topological polar surface area (TPSA) is 82.0 Å². The molecule has 138 valence electrons. The number of aliphatic imine (C=N–C) groups is 1. The van der Waals surface area contributed by atoms with E-state index in [1.54, 1.807) is 30.2 Å². The molecule has 0 radical (unpaired) electrons. The maximum atomic E-state index is 12.8. The van der Waals surface area contributed by atoms with Crippen LogP contribution in [-0.4, -0.2) is 42.2 Å². The Hall–Kier alpha value is -2.90. The molecule has 0 atom stereocenters. The van der Waals surface area contributed by atoms with Crippen LogP contribution in [0.1, 0.15) is 15.9 Å². The molecule has 2 aromatic rings. The van der Waals surface area contributed by atoms with Gasteiger partial charge in [0.15, 0.2) is 5.17 Å². The molecule has 1 aliphatic heterocycles. The number of aromatic carboxylic acids is 1. The van der Waals surface area contributed by atoms with Crippen molar-refractivity contribution >= 4 is 40.6 Å². The van der Waals surface area contributed by atoms with Crippen LogP contribution in [0.25, 0.3) is 6.08 Å². The molecule has 0 aliphatic carbocycles. The van der Waals surface area contributed by atoms with Gasteiger partial charge in [0.2, 0.25) is 0 Å². The number of amides is 1. The van der Waals surface area contributed by atoms with Crippen molar-refractivity contribution in [2.75, 3.05) is 20.3 Å². The molecule has 0 spiro atoms. The van der Waals surface area contributed by atoms with E-state index in [9.17, 15) is 14.7 Å². The van der Waals surface area contributed by atoms with Gasteiger partial charge in [-0.15, -0.1) is 0 Å². The number of thioether (sulfide) groups is 1. The second kappa shape index (κ2) is 8.66. The Kier molecular flexibility index (Phi) is 6.05. The number of ether oxygens (including phenoxy) is 1. The van der Waals surface area contributed by atoms with E-state index in [-0.39, 0.29) is 11.5 Å². The van der Waals surface area contributed by atoms with Crippen molar-refractivity contribution in [3.8, 4) is 0 Å². The van der Waals surface area contributed by atoms with Crippen LogP contribution in [0, 0.1) is 0 Å². The molecule has 0 saturated carbocycles. The van der Waals surface area contributed by atoms with Crippen molar-refractivity contribution in [1.29, 1.82) is 0 Å². The second-order valence-corrected chi connectivity index (χ2v) is 6.71. The fourth-order valence-electron chi connectivity index (χ4n) is 2.45. The lowest BCUT2D eigenvalue weighted by atomic mass is 10.1. The lowest BCUT2D eigenvalue weighted by molar-refractivity contribution is -0.255. The van der Waals surface area contributed by atoms with Crippen LogP contribution < -0.4 is 5.11 Å². The second-order valence-electron chi connectivity index (χ2n) is 5.70. The van der Waals surface area contributed by atoms with Crippen LogP contribution >= 0.6 is 11.8 Å². The number of amidine groups is 1. The molecule has 3 rings (SSSR count). The molecule has 1 aliphatic rings. The zero-order valence-electron chi connectivity index (χ0n) is 14.6. The number of carbonyl (C=O) groups is 2. The van der Waals surface area contributed by atoms with Gasteiger partial charge in [-0.3, -0.25) is 9.69 Å². The average Bonchev–Trinajstić information content (AvgIpc) is 2.96. The van der Waals surface area contributed by atoms with Crippen molar-refractivity contribution in [3.05, 3.63) is 70.6 Å². The SMILES string of the molecule is COCCN1C(=O)/C(=C/c2ccc(C(=O)[O-])cc2)SC1=Nc1ccccc1. The molecule has 27 heavy (non-hydrogen) atoms. The van der Waals surface area contributed by atoms with E-state index >= 15 is 0 Å². The quantitative estimate of drug-likeness (QED) is 0.717. The maximum Gasteiger partial charge on any atom is 0.266 e. The van der Waals surface area contributed by atoms with Crippen molar-refractivity contribution in [2.45, 2.75) is 0 Å². The molecular weight excluding hydrogens is 364 g/mol. The predicted molar refractivity (Wildman–Crippen MR) is 103 cm³/mol. The van der Waals surface area contributed by atoms with Gasteiger partial charge >= 0.3 is 0 Å². The highest BCUT2D eigenvalue weighted by atomic mass is 32.2. The number of hydrogen-bond donors (Lipinski definition) is 0. The van der Waals surface area contributed by atoms with Gasteiger partial charge in [-0.2, -0.15) is 0 Å². The fraction of sp³-hybridized carbons (Fsp3) is 0.150. The Morgan fingerprint density at radius 3 is 2.52 bits per heavy atom. The third kappa shape index (κ3) is 4.64. The number of carboxylic acids is 1. The summed E-state index contributed by atoms with van der Waals surface area (Å²) >= 11 is 1.28. The van der Waals surface area contributed by atoms with Crippen molar-refractivity contribution < 1.29 is 19.4 Å². The van der Waals surface area contributed by atoms with Crippen LogP contribution in [-0.2, 0) is 9.53 Å². The van der Waals surface area contributed by atoms with Crippen molar-refractivity contribution in [3.63, 3.8) is 0 Å². The number of carboxylic acid groups (broad SMARTS) is 1. The number of hydrogen-bond acceptors (Lipinski definition) is 6. The molecule has 7 heteroatoms. The highest BCUT2D eigenvalue weighted by Gasteiger charge is 2.33. The van der Waals surface area contributed by atoms with E-state index in [2.05, 4.69) is 4.99 Å². The van der Waals surface area contributed by atoms with Crippen LogP contribution in [0.4, 0.5) is 5.69 Å². The monoisotopic (exact) mass is 381 g/mol. The molecule has 1 fully saturated rings. The first-order valence-electron chi connectivity index (χ1n) is 8.24. The van der Waals surface area contributed by atoms with E-state index in [1.807, 2.05) is 30.3 Å². The minimum absolute atomic E-state index is 0.0931. The Labute approximate surface area is 161 Å². The molecule has 0 unspecified atom stereocenters. The molecule has 1 heterocycles. The molecule has 6 nitrogen and oxygen atoms in total. The zero-order valence-corrected chi connectivity index (χ0v) is 15.4. The van der Waals surface area contributed by atoms with Gasteiger partial charge in [-0.1, -0.05) is 42.5 Å². The number of carbonyl (C=O) groups excluding carboxylic acids is 2. The summed E-state index contributed by atoms with van der Waals surface area (Å²) in [5.74, 6) is -1.39. The summed E-state index contributed by atoms with van der Waals surface area (Å²) in [6.45, 7) is 0.794. The fourth-order valence-corrected chi connectivity index (χ4v) is 3.48. The Morgan fingerprint density at radius 1 is 1.19 bits per heavy atom. The van der Waals surface area contributed by atoms with Gasteiger partial charge in [-0.05, 0) is 41.1 Å². The van der Waals surface area contributed by atoms with Crippen LogP contribution in [0.15, 0.2) is 64.5 Å². The van der Waals surface area contributed by atoms with Crippen LogP contribution in [0.5, 0.6) is 0 Å². The largest absolute Gasteiger partial charge is 0.545 e. The molecule has 0 N–H and O–H groups in total. The lowest BCUT2D eigenvalue weighted by Gasteiger charge is -2.14. The zero-order chi connectivity index (χ0) is 19.2. The van der Waals surface area contributed by atoms with E-state index in [4.69, 9.17) is 4.74 Å². The predicted octanol–water partition coefficient (Wildman–Crippen LogP) is 2.30. The van der Waals surface area contributed by atoms with Gasteiger partial charge in [-0.25, -0.2) is 4.99 Å². The smallest absolute Gasteiger partial charge is 0.266 e. The minimum atomic E-state index is -1.23. The molecule has 0 bridgehead atoms. The van der Waals surface area contributed by atoms with E-state index < -0.39 is 5.97 Å². The van der Waals surface area contributed by atoms with E-state index in [0.717, 1.165) is 11.3 Å². The molecular formula is C20H17N2O4S-. The Balaban J connectivity index is 1.89. The van der Waals surface area contributed by atoms with Gasteiger partial charge in [0.25, 0.3) is 5.91 Å². The molecule has 1 amide bonds. The van der Waals surface area contributed by atoms with Gasteiger partial charge < -0.3 is 14.6 Å². The first-order chi connectivity index (χ1) is 13.1. The Bertz CT molecular complexity index is 892. The highest BCUT2D eigenvalue weighted by Crippen LogP contribution is 2.34. The van der Waals surface area contributed by atoms with E-state index in [0.29, 0.717) is 23.2 Å². The van der Waals surface area contributed by atoms with Crippen LogP contribution in [0.3, 0.4) is 0 Å². The minimum Gasteiger partial charge on any atom is -0.545 e.